The number of fused-ring (bicyclic) bond motifs is 1. The van der Waals surface area contributed by atoms with Gasteiger partial charge in [0, 0.05) is 12.7 Å². The Morgan fingerprint density at radius 2 is 2.17 bits per heavy atom. The fourth-order valence-electron chi connectivity index (χ4n) is 2.18. The standard InChI is InChI=1S/C14H11ClFN3O3S/c15-10-4-1-5-11(12(10)16)17-14(20)9-3-2-6-19-7-8-23(21,22)18-13(9)19/h1-6H,7-8H2,(H,17,20). The van der Waals surface area contributed by atoms with Crippen molar-refractivity contribution in [1.29, 1.82) is 0 Å². The van der Waals surface area contributed by atoms with E-state index in [2.05, 4.69) is 9.71 Å². The summed E-state index contributed by atoms with van der Waals surface area (Å²) in [5.41, 5.74) is -0.0566. The van der Waals surface area contributed by atoms with Gasteiger partial charge in [-0.25, -0.2) is 12.8 Å². The molecule has 2 aliphatic heterocycles. The number of allylic oxidation sites excluding steroid dienone is 2. The molecule has 0 saturated heterocycles. The van der Waals surface area contributed by atoms with E-state index in [1.54, 1.807) is 17.2 Å². The van der Waals surface area contributed by atoms with Crippen molar-refractivity contribution in [2.75, 3.05) is 17.6 Å². The highest BCUT2D eigenvalue weighted by Crippen LogP contribution is 2.24. The Bertz CT molecular complexity index is 877. The van der Waals surface area contributed by atoms with Crippen molar-refractivity contribution < 1.29 is 17.6 Å². The maximum Gasteiger partial charge on any atom is 0.259 e. The van der Waals surface area contributed by atoms with Gasteiger partial charge in [0.25, 0.3) is 15.9 Å². The fraction of sp³-hybridized carbons (Fsp3) is 0.143. The number of hydrogen-bond acceptors (Lipinski definition) is 4. The van der Waals surface area contributed by atoms with E-state index in [-0.39, 0.29) is 34.4 Å². The maximum atomic E-state index is 13.9. The highest BCUT2D eigenvalue weighted by molar-refractivity contribution is 7.90. The number of rotatable bonds is 2. The Balaban J connectivity index is 1.93. The van der Waals surface area contributed by atoms with Gasteiger partial charge in [0.05, 0.1) is 22.0 Å². The van der Waals surface area contributed by atoms with Gasteiger partial charge in [-0.1, -0.05) is 17.7 Å². The summed E-state index contributed by atoms with van der Waals surface area (Å²) in [5, 5.41) is 2.25. The van der Waals surface area contributed by atoms with Crippen LogP contribution in [0.1, 0.15) is 0 Å². The summed E-state index contributed by atoms with van der Waals surface area (Å²) in [4.78, 5) is 13.9. The van der Waals surface area contributed by atoms with E-state index in [1.165, 1.54) is 24.3 Å². The van der Waals surface area contributed by atoms with Crippen LogP contribution in [0, 0.1) is 5.82 Å². The molecule has 23 heavy (non-hydrogen) atoms. The highest BCUT2D eigenvalue weighted by Gasteiger charge is 2.30. The molecular formula is C14H11ClFN3O3S. The van der Waals surface area contributed by atoms with Crippen molar-refractivity contribution in [3.63, 3.8) is 0 Å². The van der Waals surface area contributed by atoms with Crippen molar-refractivity contribution in [1.82, 2.24) is 4.90 Å². The number of amidine groups is 1. The van der Waals surface area contributed by atoms with E-state index in [0.717, 1.165) is 0 Å². The molecule has 1 aromatic carbocycles. The molecule has 120 valence electrons. The number of carbonyl (C=O) groups excluding carboxylic acids is 1. The van der Waals surface area contributed by atoms with E-state index in [9.17, 15) is 17.6 Å². The van der Waals surface area contributed by atoms with Crippen LogP contribution in [0.15, 0.2) is 46.5 Å². The predicted molar refractivity (Wildman–Crippen MR) is 85.2 cm³/mol. The predicted octanol–water partition coefficient (Wildman–Crippen LogP) is 1.92. The third-order valence-electron chi connectivity index (χ3n) is 3.30. The fourth-order valence-corrected chi connectivity index (χ4v) is 3.34. The lowest BCUT2D eigenvalue weighted by molar-refractivity contribution is -0.112. The second-order valence-corrected chi connectivity index (χ2v) is 7.03. The normalized spacial score (nSPS) is 18.8. The molecule has 1 amide bonds. The first-order chi connectivity index (χ1) is 10.9. The SMILES string of the molecule is O=C(Nc1cccc(Cl)c1F)C1=CC=CN2CCS(=O)(=O)N=C12. The molecule has 0 saturated carbocycles. The molecule has 0 fully saturated rings. The summed E-state index contributed by atoms with van der Waals surface area (Å²) in [6, 6.07) is 4.20. The van der Waals surface area contributed by atoms with Gasteiger partial charge in [0.15, 0.2) is 11.7 Å². The summed E-state index contributed by atoms with van der Waals surface area (Å²) < 4.78 is 40.8. The number of halogens is 2. The highest BCUT2D eigenvalue weighted by atomic mass is 35.5. The van der Waals surface area contributed by atoms with E-state index in [1.807, 2.05) is 0 Å². The van der Waals surface area contributed by atoms with Crippen LogP contribution < -0.4 is 5.32 Å². The van der Waals surface area contributed by atoms with Gasteiger partial charge in [-0.3, -0.25) is 4.79 Å². The molecule has 9 heteroatoms. The minimum atomic E-state index is -3.61. The van der Waals surface area contributed by atoms with Crippen molar-refractivity contribution in [3.8, 4) is 0 Å². The molecule has 2 heterocycles. The van der Waals surface area contributed by atoms with Crippen molar-refractivity contribution in [2.24, 2.45) is 4.40 Å². The Morgan fingerprint density at radius 3 is 2.96 bits per heavy atom. The largest absolute Gasteiger partial charge is 0.331 e. The van der Waals surface area contributed by atoms with E-state index < -0.39 is 21.7 Å². The third kappa shape index (κ3) is 3.13. The number of benzene rings is 1. The first kappa shape index (κ1) is 15.7. The van der Waals surface area contributed by atoms with Gasteiger partial charge in [-0.15, -0.1) is 4.40 Å². The average Bonchev–Trinajstić information content (AvgIpc) is 2.50. The van der Waals surface area contributed by atoms with Crippen LogP contribution in [0.3, 0.4) is 0 Å². The van der Waals surface area contributed by atoms with Crippen molar-refractivity contribution >= 4 is 39.1 Å². The molecule has 0 radical (unpaired) electrons. The lowest BCUT2D eigenvalue weighted by atomic mass is 10.1. The topological polar surface area (TPSA) is 78.8 Å². The van der Waals surface area contributed by atoms with Gasteiger partial charge in [0.2, 0.25) is 0 Å². The quantitative estimate of drug-likeness (QED) is 0.879. The number of carbonyl (C=O) groups is 1. The first-order valence-corrected chi connectivity index (χ1v) is 8.59. The van der Waals surface area contributed by atoms with Crippen LogP contribution in [0.2, 0.25) is 5.02 Å². The Labute approximate surface area is 137 Å². The van der Waals surface area contributed by atoms with Gasteiger partial charge < -0.3 is 10.2 Å². The maximum absolute atomic E-state index is 13.9. The monoisotopic (exact) mass is 355 g/mol. The van der Waals surface area contributed by atoms with Gasteiger partial charge in [-0.05, 0) is 24.3 Å². The molecule has 2 aliphatic rings. The van der Waals surface area contributed by atoms with Gasteiger partial charge in [0.1, 0.15) is 0 Å². The lowest BCUT2D eigenvalue weighted by Crippen LogP contribution is -2.40. The number of anilines is 1. The molecule has 1 N–H and O–H groups in total. The summed E-state index contributed by atoms with van der Waals surface area (Å²) in [6.07, 6.45) is 4.65. The molecule has 0 aliphatic carbocycles. The van der Waals surface area contributed by atoms with Gasteiger partial charge >= 0.3 is 0 Å². The Hall–Kier alpha value is -2.19. The third-order valence-corrected chi connectivity index (χ3v) is 4.74. The van der Waals surface area contributed by atoms with Crippen LogP contribution in [0.4, 0.5) is 10.1 Å². The van der Waals surface area contributed by atoms with Crippen LogP contribution in [0.5, 0.6) is 0 Å². The number of nitrogens with zero attached hydrogens (tertiary/aromatic N) is 2. The molecule has 6 nitrogen and oxygen atoms in total. The summed E-state index contributed by atoms with van der Waals surface area (Å²) in [5.74, 6) is -1.53. The van der Waals surface area contributed by atoms with Crippen LogP contribution in [-0.2, 0) is 14.8 Å². The first-order valence-electron chi connectivity index (χ1n) is 6.61. The molecule has 0 aromatic heterocycles. The second-order valence-electron chi connectivity index (χ2n) is 4.87. The Morgan fingerprint density at radius 1 is 1.39 bits per heavy atom. The number of amides is 1. The lowest BCUT2D eigenvalue weighted by Gasteiger charge is -2.28. The zero-order chi connectivity index (χ0) is 16.6. The minimum absolute atomic E-state index is 0.0266. The van der Waals surface area contributed by atoms with E-state index in [4.69, 9.17) is 11.6 Å². The van der Waals surface area contributed by atoms with Crippen LogP contribution in [0.25, 0.3) is 0 Å². The number of nitrogens with one attached hydrogen (secondary N) is 1. The van der Waals surface area contributed by atoms with Crippen LogP contribution >= 0.6 is 11.6 Å². The summed E-state index contributed by atoms with van der Waals surface area (Å²) >= 11 is 5.67. The van der Waals surface area contributed by atoms with E-state index >= 15 is 0 Å². The summed E-state index contributed by atoms with van der Waals surface area (Å²) in [7, 11) is -3.61. The van der Waals surface area contributed by atoms with E-state index in [0.29, 0.717) is 0 Å². The zero-order valence-electron chi connectivity index (χ0n) is 11.7. The average molecular weight is 356 g/mol. The smallest absolute Gasteiger partial charge is 0.259 e. The van der Waals surface area contributed by atoms with Crippen molar-refractivity contribution in [2.45, 2.75) is 0 Å². The number of hydrogen-bond donors (Lipinski definition) is 1. The zero-order valence-corrected chi connectivity index (χ0v) is 13.2. The molecule has 0 bridgehead atoms. The molecular weight excluding hydrogens is 345 g/mol. The molecule has 0 spiro atoms. The van der Waals surface area contributed by atoms with Crippen LogP contribution in [-0.4, -0.2) is 37.4 Å². The molecule has 3 rings (SSSR count). The Kier molecular flexibility index (Phi) is 3.95. The molecule has 0 atom stereocenters. The van der Waals surface area contributed by atoms with Gasteiger partial charge in [-0.2, -0.15) is 0 Å². The minimum Gasteiger partial charge on any atom is -0.331 e. The number of sulfonamides is 1. The molecule has 1 aromatic rings. The van der Waals surface area contributed by atoms with Crippen molar-refractivity contribution in [3.05, 3.63) is 53.0 Å². The second kappa shape index (κ2) is 5.78. The molecule has 0 unspecified atom stereocenters. The summed E-state index contributed by atoms with van der Waals surface area (Å²) in [6.45, 7) is 0.202.